The van der Waals surface area contributed by atoms with Crippen molar-refractivity contribution < 1.29 is 23.4 Å². The highest BCUT2D eigenvalue weighted by molar-refractivity contribution is 6.74. The topological polar surface area (TPSA) is 69.8 Å². The second-order valence-electron chi connectivity index (χ2n) is 13.4. The number of rotatable bonds is 6. The number of fused-ring (bicyclic) bond motifs is 4. The molecular weight excluding hydrogens is 565 g/mol. The smallest absolute Gasteiger partial charge is 0.195 e. The molecule has 0 spiro atoms. The zero-order valence-corrected chi connectivity index (χ0v) is 27.3. The van der Waals surface area contributed by atoms with Gasteiger partial charge in [0.1, 0.15) is 24.6 Å². The lowest BCUT2D eigenvalue weighted by Crippen LogP contribution is -2.44. The number of ether oxygens (including phenoxy) is 3. The fourth-order valence-electron chi connectivity index (χ4n) is 5.37. The SMILES string of the molecule is CC1(C)O[C@H](COc2ccc3c(c2)C(C)(C)c2[nH]c4cc(Cl)c(Cl)cc4c2C3=O)[C@@H](CO[Si](C)(C)C(C)(C)C)O1. The molecule has 0 unspecified atom stereocenters. The van der Waals surface area contributed by atoms with E-state index in [4.69, 9.17) is 41.8 Å². The summed E-state index contributed by atoms with van der Waals surface area (Å²) in [6.07, 6.45) is -0.535. The van der Waals surface area contributed by atoms with Crippen molar-refractivity contribution >= 4 is 48.2 Å². The first-order chi connectivity index (χ1) is 18.4. The van der Waals surface area contributed by atoms with Crippen LogP contribution in [-0.2, 0) is 19.3 Å². The Morgan fingerprint density at radius 2 is 1.60 bits per heavy atom. The summed E-state index contributed by atoms with van der Waals surface area (Å²) in [5.41, 5.74) is 3.34. The fourth-order valence-corrected chi connectivity index (χ4v) is 6.71. The first kappa shape index (κ1) is 29.6. The lowest BCUT2D eigenvalue weighted by atomic mass is 9.71. The Hall–Kier alpha value is -1.87. The maximum atomic E-state index is 13.7. The normalized spacial score (nSPS) is 21.9. The summed E-state index contributed by atoms with van der Waals surface area (Å²) in [5, 5.41) is 1.75. The minimum Gasteiger partial charge on any atom is -0.491 e. The second kappa shape index (κ2) is 9.85. The monoisotopic (exact) mass is 603 g/mol. The van der Waals surface area contributed by atoms with Crippen LogP contribution in [-0.4, -0.2) is 50.3 Å². The van der Waals surface area contributed by atoms with Crippen molar-refractivity contribution in [2.24, 2.45) is 0 Å². The zero-order chi connectivity index (χ0) is 29.4. The highest BCUT2D eigenvalue weighted by Gasteiger charge is 2.45. The molecule has 1 fully saturated rings. The molecule has 1 aliphatic heterocycles. The van der Waals surface area contributed by atoms with Gasteiger partial charge in [0, 0.05) is 27.6 Å². The van der Waals surface area contributed by atoms with Gasteiger partial charge in [0.15, 0.2) is 19.9 Å². The minimum atomic E-state index is -1.95. The van der Waals surface area contributed by atoms with E-state index in [1.165, 1.54) is 0 Å². The van der Waals surface area contributed by atoms with Gasteiger partial charge in [-0.1, -0.05) is 57.8 Å². The van der Waals surface area contributed by atoms with Crippen LogP contribution in [0.1, 0.15) is 75.6 Å². The number of halogens is 2. The van der Waals surface area contributed by atoms with E-state index in [0.717, 1.165) is 22.2 Å². The maximum absolute atomic E-state index is 13.7. The van der Waals surface area contributed by atoms with E-state index in [1.54, 1.807) is 12.1 Å². The summed E-state index contributed by atoms with van der Waals surface area (Å²) < 4.78 is 25.2. The van der Waals surface area contributed by atoms with E-state index in [2.05, 4.69) is 52.7 Å². The van der Waals surface area contributed by atoms with Crippen LogP contribution in [0, 0.1) is 0 Å². The summed E-state index contributed by atoms with van der Waals surface area (Å²) in [6.45, 7) is 19.9. The molecule has 2 heterocycles. The standard InChI is InChI=1S/C31H39Cl2NO5Si/c1-29(2,3)40(8,9)37-16-25-24(38-31(6,7)39-25)15-36-17-10-11-18-20(12-17)30(4,5)28-26(27(18)35)19-13-21(32)22(33)14-23(19)34-28/h10-14,24-25,34H,15-16H2,1-9H3/t24-,25-/m1/s1. The van der Waals surface area contributed by atoms with Crippen molar-refractivity contribution in [2.45, 2.75) is 90.0 Å². The van der Waals surface area contributed by atoms with Crippen molar-refractivity contribution in [1.82, 2.24) is 4.98 Å². The number of H-pyrrole nitrogens is 1. The van der Waals surface area contributed by atoms with Gasteiger partial charge >= 0.3 is 0 Å². The number of hydrogen-bond acceptors (Lipinski definition) is 5. The first-order valence-electron chi connectivity index (χ1n) is 13.7. The molecule has 216 valence electrons. The molecule has 0 bridgehead atoms. The molecular formula is C31H39Cl2NO5Si. The number of aromatic amines is 1. The molecule has 3 aromatic rings. The fraction of sp³-hybridized carbons (Fsp3) is 0.516. The molecule has 1 N–H and O–H groups in total. The van der Waals surface area contributed by atoms with Gasteiger partial charge in [-0.05, 0) is 67.9 Å². The predicted molar refractivity (Wildman–Crippen MR) is 163 cm³/mol. The van der Waals surface area contributed by atoms with Crippen LogP contribution in [0.4, 0.5) is 0 Å². The second-order valence-corrected chi connectivity index (χ2v) is 19.1. The molecule has 2 atom stereocenters. The number of carbonyl (C=O) groups is 1. The molecule has 0 amide bonds. The van der Waals surface area contributed by atoms with Gasteiger partial charge in [-0.3, -0.25) is 4.79 Å². The highest BCUT2D eigenvalue weighted by atomic mass is 35.5. The van der Waals surface area contributed by atoms with Crippen LogP contribution in [0.5, 0.6) is 5.75 Å². The Morgan fingerprint density at radius 3 is 2.25 bits per heavy atom. The number of benzene rings is 2. The van der Waals surface area contributed by atoms with E-state index in [1.807, 2.05) is 32.0 Å². The third kappa shape index (κ3) is 5.14. The summed E-state index contributed by atoms with van der Waals surface area (Å²) in [4.78, 5) is 17.1. The van der Waals surface area contributed by atoms with Gasteiger partial charge in [0.25, 0.3) is 0 Å². The zero-order valence-electron chi connectivity index (χ0n) is 24.8. The number of ketones is 1. The molecule has 2 aromatic carbocycles. The Morgan fingerprint density at radius 1 is 0.975 bits per heavy atom. The number of carbonyl (C=O) groups excluding carboxylic acids is 1. The van der Waals surface area contributed by atoms with Crippen LogP contribution in [0.15, 0.2) is 30.3 Å². The van der Waals surface area contributed by atoms with E-state index in [-0.39, 0.29) is 23.0 Å². The van der Waals surface area contributed by atoms with Gasteiger partial charge < -0.3 is 23.6 Å². The summed E-state index contributed by atoms with van der Waals surface area (Å²) in [5.74, 6) is -0.0994. The van der Waals surface area contributed by atoms with Gasteiger partial charge in [-0.25, -0.2) is 0 Å². The predicted octanol–water partition coefficient (Wildman–Crippen LogP) is 8.27. The van der Waals surface area contributed by atoms with Crippen LogP contribution in [0.25, 0.3) is 10.9 Å². The van der Waals surface area contributed by atoms with Crippen LogP contribution in [0.3, 0.4) is 0 Å². The van der Waals surface area contributed by atoms with Crippen molar-refractivity contribution in [3.8, 4) is 5.75 Å². The van der Waals surface area contributed by atoms with E-state index >= 15 is 0 Å². The van der Waals surface area contributed by atoms with Crippen LogP contribution >= 0.6 is 23.2 Å². The average Bonchev–Trinajstić information content (AvgIpc) is 3.36. The van der Waals surface area contributed by atoms with Crippen molar-refractivity contribution in [2.75, 3.05) is 13.2 Å². The van der Waals surface area contributed by atoms with Crippen molar-refractivity contribution in [1.29, 1.82) is 0 Å². The van der Waals surface area contributed by atoms with E-state index in [9.17, 15) is 4.79 Å². The van der Waals surface area contributed by atoms with Crippen molar-refractivity contribution in [3.63, 3.8) is 0 Å². The Labute approximate surface area is 247 Å². The largest absolute Gasteiger partial charge is 0.491 e. The Kier molecular flexibility index (Phi) is 7.29. The summed E-state index contributed by atoms with van der Waals surface area (Å²) in [6, 6.07) is 9.20. The summed E-state index contributed by atoms with van der Waals surface area (Å²) >= 11 is 12.6. The van der Waals surface area contributed by atoms with E-state index < -0.39 is 19.5 Å². The third-order valence-electron chi connectivity index (χ3n) is 8.71. The number of nitrogens with one attached hydrogen (secondary N) is 1. The van der Waals surface area contributed by atoms with Crippen LogP contribution in [0.2, 0.25) is 28.2 Å². The average molecular weight is 605 g/mol. The van der Waals surface area contributed by atoms with E-state index in [0.29, 0.717) is 40.1 Å². The molecule has 1 aromatic heterocycles. The van der Waals surface area contributed by atoms with Crippen LogP contribution < -0.4 is 4.74 Å². The molecule has 0 saturated carbocycles. The van der Waals surface area contributed by atoms with Gasteiger partial charge in [0.05, 0.1) is 22.2 Å². The molecule has 2 aliphatic rings. The lowest BCUT2D eigenvalue weighted by Gasteiger charge is -2.37. The lowest BCUT2D eigenvalue weighted by molar-refractivity contribution is -0.150. The van der Waals surface area contributed by atoms with Gasteiger partial charge in [-0.15, -0.1) is 0 Å². The third-order valence-corrected chi connectivity index (χ3v) is 13.9. The Bertz CT molecular complexity index is 1490. The summed E-state index contributed by atoms with van der Waals surface area (Å²) in [7, 11) is -1.95. The molecule has 40 heavy (non-hydrogen) atoms. The molecule has 6 nitrogen and oxygen atoms in total. The molecule has 1 aliphatic carbocycles. The number of hydrogen-bond donors (Lipinski definition) is 1. The van der Waals surface area contributed by atoms with Gasteiger partial charge in [0.2, 0.25) is 0 Å². The maximum Gasteiger partial charge on any atom is 0.195 e. The van der Waals surface area contributed by atoms with Gasteiger partial charge in [-0.2, -0.15) is 0 Å². The highest BCUT2D eigenvalue weighted by Crippen LogP contribution is 2.46. The molecule has 5 rings (SSSR count). The molecule has 9 heteroatoms. The quantitative estimate of drug-likeness (QED) is 0.287. The number of aromatic nitrogens is 1. The Balaban J connectivity index is 1.38. The molecule has 1 saturated heterocycles. The molecule has 0 radical (unpaired) electrons. The first-order valence-corrected chi connectivity index (χ1v) is 17.4. The minimum absolute atomic E-state index is 0.0439. The van der Waals surface area contributed by atoms with Crippen molar-refractivity contribution in [3.05, 3.63) is 62.8 Å².